The minimum atomic E-state index is -2.10. The second-order valence-corrected chi connectivity index (χ2v) is 7.01. The number of Topliss-reactive ketones (excluding diaryl/α,β-unsaturated/α-hetero) is 1. The van der Waals surface area contributed by atoms with Crippen molar-refractivity contribution in [2.45, 2.75) is 18.4 Å². The number of ketones is 1. The van der Waals surface area contributed by atoms with Crippen LogP contribution in [0.3, 0.4) is 0 Å². The van der Waals surface area contributed by atoms with E-state index in [2.05, 4.69) is 15.9 Å². The maximum atomic E-state index is 12.2. The molecule has 27 heavy (non-hydrogen) atoms. The van der Waals surface area contributed by atoms with Gasteiger partial charge in [-0.05, 0) is 29.8 Å². The molecule has 0 saturated carbocycles. The molecule has 8 nitrogen and oxygen atoms in total. The van der Waals surface area contributed by atoms with Gasteiger partial charge in [-0.3, -0.25) is 14.8 Å². The van der Waals surface area contributed by atoms with Crippen LogP contribution in [0, 0.1) is 0 Å². The van der Waals surface area contributed by atoms with E-state index in [4.69, 9.17) is 0 Å². The maximum Gasteiger partial charge on any atom is 0.313 e. The molecule has 0 aliphatic rings. The molecule has 0 radical (unpaired) electrons. The Labute approximate surface area is 163 Å². The van der Waals surface area contributed by atoms with Crippen molar-refractivity contribution in [3.05, 3.63) is 52.0 Å². The van der Waals surface area contributed by atoms with Gasteiger partial charge in [0.15, 0.2) is 11.5 Å². The van der Waals surface area contributed by atoms with E-state index in [0.29, 0.717) is 10.0 Å². The van der Waals surface area contributed by atoms with E-state index < -0.39 is 41.0 Å². The van der Waals surface area contributed by atoms with Crippen molar-refractivity contribution in [1.29, 1.82) is 0 Å². The number of halogens is 1. The summed E-state index contributed by atoms with van der Waals surface area (Å²) in [5.41, 5.74) is -1.78. The number of amides is 1. The van der Waals surface area contributed by atoms with E-state index >= 15 is 0 Å². The molecule has 2 rings (SSSR count). The number of hydrogen-bond acceptors (Lipinski definition) is 7. The third-order valence-electron chi connectivity index (χ3n) is 4.00. The molecule has 1 atom stereocenters. The quantitative estimate of drug-likeness (QED) is 0.200. The fraction of sp³-hybridized carbons (Fsp3) is 0.222. The van der Waals surface area contributed by atoms with Crippen molar-refractivity contribution in [1.82, 2.24) is 5.06 Å². The lowest BCUT2D eigenvalue weighted by Crippen LogP contribution is -2.38. The van der Waals surface area contributed by atoms with Crippen molar-refractivity contribution in [3.63, 3.8) is 0 Å². The number of nitrogens with zero attached hydrogens (tertiary/aromatic N) is 1. The van der Waals surface area contributed by atoms with Crippen LogP contribution in [-0.4, -0.2) is 49.4 Å². The van der Waals surface area contributed by atoms with E-state index in [0.717, 1.165) is 19.2 Å². The Morgan fingerprint density at radius 1 is 1.11 bits per heavy atom. The van der Waals surface area contributed by atoms with Gasteiger partial charge in [-0.25, -0.2) is 5.06 Å². The number of phenols is 3. The lowest BCUT2D eigenvalue weighted by Gasteiger charge is -2.29. The topological polar surface area (TPSA) is 139 Å². The summed E-state index contributed by atoms with van der Waals surface area (Å²) in [5, 5.41) is 49.9. The molecule has 0 spiro atoms. The standard InChI is InChI=1S/C18H18BrNO7/c1-20(27)17(25)14(22)9-18(26,8-10-3-2-4-11(19)7-10)12-5-6-13(21)16(24)15(12)23/h2-7,21,23-24,26-27H,8-9H2,1H3/t18-/m1/s1. The van der Waals surface area contributed by atoms with Gasteiger partial charge in [-0.1, -0.05) is 28.1 Å². The Morgan fingerprint density at radius 2 is 1.78 bits per heavy atom. The maximum absolute atomic E-state index is 12.2. The summed E-state index contributed by atoms with van der Waals surface area (Å²) < 4.78 is 0.706. The first-order valence-electron chi connectivity index (χ1n) is 7.76. The zero-order chi connectivity index (χ0) is 20.4. The molecule has 0 fully saturated rings. The average Bonchev–Trinajstić information content (AvgIpc) is 2.58. The van der Waals surface area contributed by atoms with Gasteiger partial charge in [0.1, 0.15) is 5.60 Å². The lowest BCUT2D eigenvalue weighted by molar-refractivity contribution is -0.167. The highest BCUT2D eigenvalue weighted by Crippen LogP contribution is 2.44. The SMILES string of the molecule is CN(O)C(=O)C(=O)C[C@](O)(Cc1cccc(Br)c1)c1ccc(O)c(O)c1O. The minimum absolute atomic E-state index is 0.0933. The molecule has 2 aromatic carbocycles. The second kappa shape index (κ2) is 7.95. The van der Waals surface area contributed by atoms with E-state index in [1.165, 1.54) is 0 Å². The van der Waals surface area contributed by atoms with Crippen molar-refractivity contribution >= 4 is 27.6 Å². The third-order valence-corrected chi connectivity index (χ3v) is 4.50. The van der Waals surface area contributed by atoms with Gasteiger partial charge < -0.3 is 20.4 Å². The molecular weight excluding hydrogens is 422 g/mol. The number of aliphatic hydroxyl groups is 1. The fourth-order valence-electron chi connectivity index (χ4n) is 2.70. The highest BCUT2D eigenvalue weighted by Gasteiger charge is 2.38. The first-order valence-corrected chi connectivity index (χ1v) is 8.55. The number of likely N-dealkylation sites (N-methyl/N-ethyl adjacent to an activating group) is 1. The molecule has 144 valence electrons. The molecule has 0 aromatic heterocycles. The number of hydroxylamine groups is 2. The van der Waals surface area contributed by atoms with Crippen molar-refractivity contribution < 1.29 is 35.2 Å². The van der Waals surface area contributed by atoms with Crippen LogP contribution in [0.5, 0.6) is 17.2 Å². The van der Waals surface area contributed by atoms with Gasteiger partial charge in [0.05, 0.1) is 0 Å². The Balaban J connectivity index is 2.52. The van der Waals surface area contributed by atoms with Gasteiger partial charge in [0.2, 0.25) is 11.5 Å². The number of carbonyl (C=O) groups excluding carboxylic acids is 2. The predicted octanol–water partition coefficient (Wildman–Crippen LogP) is 1.80. The van der Waals surface area contributed by atoms with Crippen LogP contribution in [0.1, 0.15) is 17.5 Å². The molecule has 1 amide bonds. The van der Waals surface area contributed by atoms with Crippen LogP contribution < -0.4 is 0 Å². The van der Waals surface area contributed by atoms with Gasteiger partial charge in [0, 0.05) is 29.9 Å². The number of benzene rings is 2. The zero-order valence-corrected chi connectivity index (χ0v) is 15.8. The van der Waals surface area contributed by atoms with Crippen LogP contribution in [-0.2, 0) is 21.6 Å². The van der Waals surface area contributed by atoms with Gasteiger partial charge in [-0.15, -0.1) is 0 Å². The summed E-state index contributed by atoms with van der Waals surface area (Å²) in [7, 11) is 0.970. The summed E-state index contributed by atoms with van der Waals surface area (Å²) in [5.74, 6) is -4.64. The first-order chi connectivity index (χ1) is 12.5. The highest BCUT2D eigenvalue weighted by molar-refractivity contribution is 9.10. The summed E-state index contributed by atoms with van der Waals surface area (Å²) in [6.07, 6.45) is -0.973. The van der Waals surface area contributed by atoms with Crippen molar-refractivity contribution in [2.75, 3.05) is 7.05 Å². The molecule has 0 bridgehead atoms. The molecule has 0 unspecified atom stereocenters. The summed E-state index contributed by atoms with van der Waals surface area (Å²) in [6, 6.07) is 8.97. The Hall–Kier alpha value is -2.62. The number of phenolic OH excluding ortho intramolecular Hbond substituents is 3. The van der Waals surface area contributed by atoms with Gasteiger partial charge >= 0.3 is 5.91 Å². The summed E-state index contributed by atoms with van der Waals surface area (Å²) >= 11 is 3.29. The van der Waals surface area contributed by atoms with Crippen LogP contribution in [0.15, 0.2) is 40.9 Å². The molecule has 9 heteroatoms. The Bertz CT molecular complexity index is 884. The van der Waals surface area contributed by atoms with Gasteiger partial charge in [0.25, 0.3) is 0 Å². The largest absolute Gasteiger partial charge is 0.504 e. The molecule has 0 aliphatic heterocycles. The van der Waals surface area contributed by atoms with Gasteiger partial charge in [-0.2, -0.15) is 0 Å². The van der Waals surface area contributed by atoms with Crippen molar-refractivity contribution in [3.8, 4) is 17.2 Å². The van der Waals surface area contributed by atoms with Crippen LogP contribution in [0.2, 0.25) is 0 Å². The lowest BCUT2D eigenvalue weighted by atomic mass is 9.82. The number of aromatic hydroxyl groups is 3. The monoisotopic (exact) mass is 439 g/mol. The van der Waals surface area contributed by atoms with Crippen LogP contribution in [0.25, 0.3) is 0 Å². The van der Waals surface area contributed by atoms with Crippen molar-refractivity contribution in [2.24, 2.45) is 0 Å². The molecule has 0 heterocycles. The Morgan fingerprint density at radius 3 is 2.37 bits per heavy atom. The van der Waals surface area contributed by atoms with E-state index in [9.17, 15) is 35.2 Å². The Kier molecular flexibility index (Phi) is 6.09. The predicted molar refractivity (Wildman–Crippen MR) is 97.4 cm³/mol. The van der Waals surface area contributed by atoms with Crippen LogP contribution in [0.4, 0.5) is 0 Å². The number of carbonyl (C=O) groups is 2. The average molecular weight is 440 g/mol. The smallest absolute Gasteiger partial charge is 0.313 e. The summed E-state index contributed by atoms with van der Waals surface area (Å²) in [4.78, 5) is 23.9. The summed E-state index contributed by atoms with van der Waals surface area (Å²) in [6.45, 7) is 0. The second-order valence-electron chi connectivity index (χ2n) is 6.10. The molecule has 0 saturated heterocycles. The number of rotatable bonds is 6. The van der Waals surface area contributed by atoms with E-state index in [1.807, 2.05) is 0 Å². The number of hydrogen-bond donors (Lipinski definition) is 5. The third kappa shape index (κ3) is 4.57. The van der Waals surface area contributed by atoms with Crippen LogP contribution >= 0.6 is 15.9 Å². The fourth-order valence-corrected chi connectivity index (χ4v) is 3.15. The molecular formula is C18H18BrNO7. The van der Waals surface area contributed by atoms with E-state index in [-0.39, 0.29) is 17.0 Å². The highest BCUT2D eigenvalue weighted by atomic mass is 79.9. The molecule has 5 N–H and O–H groups in total. The minimum Gasteiger partial charge on any atom is -0.504 e. The first kappa shape index (κ1) is 20.7. The normalized spacial score (nSPS) is 13.0. The molecule has 0 aliphatic carbocycles. The zero-order valence-electron chi connectivity index (χ0n) is 14.3. The molecule has 2 aromatic rings. The van der Waals surface area contributed by atoms with E-state index in [1.54, 1.807) is 24.3 Å².